The topological polar surface area (TPSA) is 33.5 Å². The number of para-hydroxylation sites is 3. The Morgan fingerprint density at radius 1 is 0.714 bits per heavy atom. The van der Waals surface area contributed by atoms with Crippen LogP contribution in [0.1, 0.15) is 43.0 Å². The van der Waals surface area contributed by atoms with Gasteiger partial charge in [0, 0.05) is 66.0 Å². The number of rotatable bonds is 5. The Kier molecular flexibility index (Phi) is 8.83. The van der Waals surface area contributed by atoms with Gasteiger partial charge in [-0.15, -0.1) is 36.6 Å². The fraction of sp³-hybridized carbons (Fsp3) is 0.143. The predicted molar refractivity (Wildman–Crippen MR) is 230 cm³/mol. The molecule has 0 unspecified atom stereocenters. The van der Waals surface area contributed by atoms with E-state index < -0.39 is 0 Å². The van der Waals surface area contributed by atoms with Gasteiger partial charge in [-0.25, -0.2) is 16.3 Å². The predicted octanol–water partition coefficient (Wildman–Crippen LogP) is 13.6. The van der Waals surface area contributed by atoms with Crippen molar-refractivity contribution in [2.75, 3.05) is 9.80 Å². The number of thiophene rings is 1. The van der Waals surface area contributed by atoms with Crippen molar-refractivity contribution in [2.24, 2.45) is 0 Å². The van der Waals surface area contributed by atoms with Crippen LogP contribution >= 0.6 is 11.3 Å². The minimum Gasteiger partial charge on any atom is -0.508 e. The molecular formula is C49H39N4OPtS-3. The van der Waals surface area contributed by atoms with Crippen molar-refractivity contribution < 1.29 is 25.8 Å². The molecule has 0 saturated heterocycles. The van der Waals surface area contributed by atoms with Crippen LogP contribution in [-0.4, -0.2) is 9.55 Å². The first kappa shape index (κ1) is 36.2. The number of anilines is 4. The van der Waals surface area contributed by atoms with E-state index in [2.05, 4.69) is 178 Å². The second kappa shape index (κ2) is 13.7. The molecule has 9 aromatic rings. The fourth-order valence-electron chi connectivity index (χ4n) is 8.33. The van der Waals surface area contributed by atoms with E-state index >= 15 is 0 Å². The molecule has 0 spiro atoms. The maximum absolute atomic E-state index is 6.96. The number of hydrogen-bond acceptors (Lipinski definition) is 5. The van der Waals surface area contributed by atoms with Crippen LogP contribution in [0.3, 0.4) is 0 Å². The average Bonchev–Trinajstić information content (AvgIpc) is 3.85. The summed E-state index contributed by atoms with van der Waals surface area (Å²) in [6.07, 6.45) is 1.92. The van der Waals surface area contributed by atoms with Gasteiger partial charge in [0.2, 0.25) is 0 Å². The molecule has 5 nitrogen and oxygen atoms in total. The van der Waals surface area contributed by atoms with Gasteiger partial charge in [0.15, 0.2) is 0 Å². The van der Waals surface area contributed by atoms with Gasteiger partial charge in [-0.3, -0.25) is 0 Å². The molecule has 0 bridgehead atoms. The fourth-order valence-corrected chi connectivity index (χ4v) is 9.47. The number of hydrogen-bond donors (Lipinski definition) is 0. The van der Waals surface area contributed by atoms with Gasteiger partial charge >= 0.3 is 0 Å². The van der Waals surface area contributed by atoms with E-state index in [1.54, 1.807) is 11.3 Å². The first-order valence-corrected chi connectivity index (χ1v) is 19.5. The maximum Gasteiger partial charge on any atom is 0.135 e. The van der Waals surface area contributed by atoms with Gasteiger partial charge in [-0.1, -0.05) is 103 Å². The third-order valence-corrected chi connectivity index (χ3v) is 11.9. The van der Waals surface area contributed by atoms with Gasteiger partial charge < -0.3 is 19.1 Å². The van der Waals surface area contributed by atoms with Crippen molar-refractivity contribution in [3.63, 3.8) is 0 Å². The zero-order chi connectivity index (χ0) is 37.6. The Morgan fingerprint density at radius 2 is 1.41 bits per heavy atom. The summed E-state index contributed by atoms with van der Waals surface area (Å²) in [5.74, 6) is 2.15. The number of ether oxygens (including phenoxy) is 1. The van der Waals surface area contributed by atoms with Gasteiger partial charge in [0.1, 0.15) is 5.82 Å². The van der Waals surface area contributed by atoms with Crippen LogP contribution in [0.25, 0.3) is 47.8 Å². The van der Waals surface area contributed by atoms with Crippen molar-refractivity contribution in [1.82, 2.24) is 9.55 Å². The molecule has 0 saturated carbocycles. The molecule has 1 aliphatic heterocycles. The third kappa shape index (κ3) is 5.81. The van der Waals surface area contributed by atoms with E-state index in [1.165, 1.54) is 43.4 Å². The van der Waals surface area contributed by atoms with E-state index in [4.69, 9.17) is 9.72 Å². The summed E-state index contributed by atoms with van der Waals surface area (Å²) in [5, 5.41) is 4.69. The van der Waals surface area contributed by atoms with Crippen LogP contribution in [0, 0.1) is 39.6 Å². The second-order valence-corrected chi connectivity index (χ2v) is 16.6. The number of nitrogens with zero attached hydrogens (tertiary/aromatic N) is 4. The van der Waals surface area contributed by atoms with E-state index in [0.29, 0.717) is 11.5 Å². The molecule has 0 atom stereocenters. The van der Waals surface area contributed by atoms with Crippen molar-refractivity contribution >= 4 is 76.1 Å². The largest absolute Gasteiger partial charge is 0.508 e. The molecule has 4 heterocycles. The molecule has 0 fully saturated rings. The van der Waals surface area contributed by atoms with Crippen LogP contribution in [0.4, 0.5) is 22.7 Å². The standard InChI is InChI=1S/C49H39N4OS.Pt/c1-30-24-31(2)47(32(3)25-30)52-29-51(39-19-10-11-20-40(39)52)34-14-13-15-35(27-34)54-42-28-41-45(46-37-17-8-12-21-43(37)55-48(42)46)36-16-7-9-18-38(36)53(41)44-26-33(22-23-50-44)49(4,5)6;/h7-26,29H,1-6H3;/q-3;. The van der Waals surface area contributed by atoms with E-state index in [9.17, 15) is 0 Å². The Morgan fingerprint density at radius 3 is 2.18 bits per heavy atom. The normalized spacial score (nSPS) is 12.9. The van der Waals surface area contributed by atoms with Crippen molar-refractivity contribution in [1.29, 1.82) is 0 Å². The first-order valence-electron chi connectivity index (χ1n) is 18.7. The second-order valence-electron chi connectivity index (χ2n) is 15.6. The molecular weight excluding hydrogens is 888 g/mol. The van der Waals surface area contributed by atoms with E-state index in [0.717, 1.165) is 49.4 Å². The average molecular weight is 927 g/mol. The zero-order valence-corrected chi connectivity index (χ0v) is 35.1. The van der Waals surface area contributed by atoms with E-state index in [-0.39, 0.29) is 26.5 Å². The Labute approximate surface area is 346 Å². The minimum atomic E-state index is -0.0335. The van der Waals surface area contributed by atoms with Crippen LogP contribution in [0.15, 0.2) is 121 Å². The van der Waals surface area contributed by atoms with Crippen molar-refractivity contribution in [3.8, 4) is 17.3 Å². The maximum atomic E-state index is 6.96. The summed E-state index contributed by atoms with van der Waals surface area (Å²) in [4.78, 5) is 9.44. The van der Waals surface area contributed by atoms with Gasteiger partial charge in [0.25, 0.3) is 0 Å². The molecule has 7 heteroatoms. The molecule has 0 radical (unpaired) electrons. The third-order valence-electron chi connectivity index (χ3n) is 10.7. The first-order chi connectivity index (χ1) is 26.6. The van der Waals surface area contributed by atoms with E-state index in [1.807, 2.05) is 18.3 Å². The van der Waals surface area contributed by atoms with Crippen LogP contribution < -0.4 is 14.5 Å². The van der Waals surface area contributed by atoms with Gasteiger partial charge in [0.05, 0.1) is 0 Å². The summed E-state index contributed by atoms with van der Waals surface area (Å²) >= 11 is 1.75. The summed E-state index contributed by atoms with van der Waals surface area (Å²) in [6, 6.07) is 48.2. The van der Waals surface area contributed by atoms with Gasteiger partial charge in [-0.05, 0) is 94.7 Å². The molecule has 0 N–H and O–H groups in total. The molecule has 0 amide bonds. The molecule has 3 aromatic heterocycles. The smallest absolute Gasteiger partial charge is 0.135 e. The minimum absolute atomic E-state index is 0. The zero-order valence-electron chi connectivity index (χ0n) is 32.0. The molecule has 56 heavy (non-hydrogen) atoms. The molecule has 0 aliphatic carbocycles. The molecule has 1 aliphatic rings. The SMILES string of the molecule is Cc1cc(C)c(N2[CH-]N(c3[c-]c(Oc4[c-]c5c(c6ccccc6n5-c5cc(C(C)(C)C)ccn5)c5c4sc4ccccc45)ccc3)c3ccccc32)c(C)c1.[Pt]. The Balaban J connectivity index is 0.00000410. The summed E-state index contributed by atoms with van der Waals surface area (Å²) < 4.78 is 11.5. The monoisotopic (exact) mass is 926 g/mol. The summed E-state index contributed by atoms with van der Waals surface area (Å²) in [5.41, 5.74) is 11.2. The summed E-state index contributed by atoms with van der Waals surface area (Å²) in [6.45, 7) is 15.4. The number of aromatic nitrogens is 2. The number of fused-ring (bicyclic) bond motifs is 8. The molecule has 280 valence electrons. The quantitative estimate of drug-likeness (QED) is 0.161. The Bertz CT molecular complexity index is 2970. The number of aryl methyl sites for hydroxylation is 3. The van der Waals surface area contributed by atoms with Crippen LogP contribution in [0.2, 0.25) is 0 Å². The number of benzene rings is 6. The number of pyridine rings is 1. The Hall–Kier alpha value is -5.42. The van der Waals surface area contributed by atoms with Crippen LogP contribution in [-0.2, 0) is 26.5 Å². The summed E-state index contributed by atoms with van der Waals surface area (Å²) in [7, 11) is 0. The van der Waals surface area contributed by atoms with Gasteiger partial charge in [-0.2, -0.15) is 6.07 Å². The van der Waals surface area contributed by atoms with Crippen molar-refractivity contribution in [3.05, 3.63) is 163 Å². The molecule has 10 rings (SSSR count). The molecule has 6 aromatic carbocycles. The van der Waals surface area contributed by atoms with Crippen LogP contribution in [0.5, 0.6) is 11.5 Å². The van der Waals surface area contributed by atoms with Crippen molar-refractivity contribution in [2.45, 2.75) is 47.0 Å².